The summed E-state index contributed by atoms with van der Waals surface area (Å²) >= 11 is 0. The molecule has 0 bridgehead atoms. The predicted molar refractivity (Wildman–Crippen MR) is 47.4 cm³/mol. The van der Waals surface area contributed by atoms with E-state index in [4.69, 9.17) is 11.3 Å². The van der Waals surface area contributed by atoms with Crippen molar-refractivity contribution < 1.29 is 23.3 Å². The predicted octanol–water partition coefficient (Wildman–Crippen LogP) is -0.421. The molecule has 0 aromatic carbocycles. The van der Waals surface area contributed by atoms with Gasteiger partial charge in [-0.2, -0.15) is 5.41 Å². The maximum Gasteiger partial charge on any atom is 1.00 e. The molecule has 0 amide bonds. The fourth-order valence-electron chi connectivity index (χ4n) is 0.403. The molecule has 0 atom stereocenters. The first-order valence-corrected chi connectivity index (χ1v) is 7.04. The van der Waals surface area contributed by atoms with Gasteiger partial charge in [0.05, 0.1) is 0 Å². The largest absolute Gasteiger partial charge is 1.00 e. The maximum absolute atomic E-state index is 5.74. The summed E-state index contributed by atoms with van der Waals surface area (Å²) in [5.41, 5.74) is -0.180. The third-order valence-electron chi connectivity index (χ3n) is 0.877. The van der Waals surface area contributed by atoms with E-state index in [1.807, 2.05) is 13.8 Å². The van der Waals surface area contributed by atoms with Gasteiger partial charge >= 0.3 is 18.9 Å². The van der Waals surface area contributed by atoms with Crippen LogP contribution in [0.5, 0.6) is 0 Å². The molecule has 3 heteroatoms. The molecule has 0 rings (SSSR count). The topological polar surface area (TPSA) is 9.23 Å². The Labute approximate surface area is 84.2 Å². The van der Waals surface area contributed by atoms with Crippen LogP contribution in [0.15, 0.2) is 0 Å². The number of hydrogen-bond donors (Lipinski definition) is 0. The van der Waals surface area contributed by atoms with Gasteiger partial charge in [-0.05, 0) is 19.6 Å². The van der Waals surface area contributed by atoms with Crippen molar-refractivity contribution in [2.75, 3.05) is 6.61 Å². The molecule has 0 aromatic rings. The van der Waals surface area contributed by atoms with Crippen molar-refractivity contribution in [2.45, 2.75) is 33.5 Å². The van der Waals surface area contributed by atoms with Crippen molar-refractivity contribution in [3.8, 4) is 0 Å². The van der Waals surface area contributed by atoms with Crippen LogP contribution in [-0.2, 0) is 4.43 Å². The van der Waals surface area contributed by atoms with Gasteiger partial charge in [0.15, 0.2) is 8.32 Å². The van der Waals surface area contributed by atoms with Gasteiger partial charge in [0.25, 0.3) is 0 Å². The third-order valence-corrected chi connectivity index (χ3v) is 1.89. The van der Waals surface area contributed by atoms with E-state index in [0.717, 1.165) is 0 Å². The second kappa shape index (κ2) is 4.72. The van der Waals surface area contributed by atoms with Crippen LogP contribution >= 0.6 is 0 Å². The minimum Gasteiger partial charge on any atom is -0.486 e. The van der Waals surface area contributed by atoms with E-state index in [-0.39, 0.29) is 24.3 Å². The molecule has 0 aliphatic carbocycles. The molecule has 0 saturated carbocycles. The van der Waals surface area contributed by atoms with Gasteiger partial charge in [0, 0.05) is 6.61 Å². The Hall–Kier alpha value is 0.774. The minimum absolute atomic E-state index is 0. The molecule has 11 heavy (non-hydrogen) atoms. The Morgan fingerprint density at radius 1 is 1.27 bits per heavy atom. The molecule has 0 spiro atoms. The van der Waals surface area contributed by atoms with Crippen LogP contribution in [-0.4, -0.2) is 14.9 Å². The summed E-state index contributed by atoms with van der Waals surface area (Å²) in [5, 5.41) is 0. The Morgan fingerprint density at radius 3 is 1.73 bits per heavy atom. The molecule has 0 N–H and O–H groups in total. The first-order chi connectivity index (χ1) is 4.21. The Morgan fingerprint density at radius 2 is 1.64 bits per heavy atom. The molecule has 61 valence electrons. The van der Waals surface area contributed by atoms with Gasteiger partial charge in [0.2, 0.25) is 0 Å². The van der Waals surface area contributed by atoms with Crippen LogP contribution in [0.3, 0.4) is 0 Å². The summed E-state index contributed by atoms with van der Waals surface area (Å²) in [6.45, 7) is 16.9. The molecule has 0 unspecified atom stereocenters. The van der Waals surface area contributed by atoms with Gasteiger partial charge in [-0.15, -0.1) is 0 Å². The Bertz CT molecular complexity index is 87.6. The summed E-state index contributed by atoms with van der Waals surface area (Å²) in [7, 11) is -1.35. The Kier molecular flexibility index (Phi) is 6.13. The zero-order valence-electron chi connectivity index (χ0n) is 8.69. The molecular formula is C8H18LiOSi. The van der Waals surface area contributed by atoms with Gasteiger partial charge in [-0.1, -0.05) is 13.8 Å². The van der Waals surface area contributed by atoms with Crippen molar-refractivity contribution in [1.82, 2.24) is 0 Å². The number of hydrogen-bond acceptors (Lipinski definition) is 1. The van der Waals surface area contributed by atoms with E-state index < -0.39 is 8.32 Å². The first kappa shape index (κ1) is 14.3. The third kappa shape index (κ3) is 13.7. The van der Waals surface area contributed by atoms with Crippen LogP contribution in [0, 0.1) is 12.3 Å². The molecule has 0 aromatic heterocycles. The molecule has 0 heterocycles. The van der Waals surface area contributed by atoms with Crippen molar-refractivity contribution in [2.24, 2.45) is 5.41 Å². The fourth-order valence-corrected chi connectivity index (χ4v) is 1.21. The second-order valence-corrected chi connectivity index (χ2v) is 8.90. The number of rotatable bonds is 3. The van der Waals surface area contributed by atoms with Gasteiger partial charge in [-0.25, -0.2) is 0 Å². The molecule has 0 saturated heterocycles. The zero-order valence-corrected chi connectivity index (χ0v) is 9.69. The summed E-state index contributed by atoms with van der Waals surface area (Å²) in [6, 6.07) is 0. The summed E-state index contributed by atoms with van der Waals surface area (Å²) in [4.78, 5) is 0. The van der Waals surface area contributed by atoms with Crippen molar-refractivity contribution in [1.29, 1.82) is 0 Å². The minimum atomic E-state index is -1.35. The van der Waals surface area contributed by atoms with Crippen molar-refractivity contribution in [3.05, 3.63) is 6.92 Å². The smallest absolute Gasteiger partial charge is 0.486 e. The van der Waals surface area contributed by atoms with Crippen LogP contribution in [0.2, 0.25) is 19.6 Å². The van der Waals surface area contributed by atoms with Crippen LogP contribution in [0.4, 0.5) is 0 Å². The maximum atomic E-state index is 5.74. The SMILES string of the molecule is [CH-]C(C)(C)CO[Si](C)(C)C.[Li+]. The normalized spacial score (nSPS) is 12.5. The van der Waals surface area contributed by atoms with E-state index in [1.54, 1.807) is 0 Å². The summed E-state index contributed by atoms with van der Waals surface area (Å²) < 4.78 is 5.61. The molecule has 1 nitrogen and oxygen atoms in total. The fraction of sp³-hybridized carbons (Fsp3) is 0.875. The van der Waals surface area contributed by atoms with Gasteiger partial charge in [-0.3, -0.25) is 0 Å². The van der Waals surface area contributed by atoms with Crippen LogP contribution < -0.4 is 18.9 Å². The van der Waals surface area contributed by atoms with E-state index in [2.05, 4.69) is 19.6 Å². The molecule has 0 aliphatic heterocycles. The zero-order chi connectivity index (χ0) is 8.41. The standard InChI is InChI=1S/C8H18OSi.Li/c1-8(2,3)7-9-10(4,5)6;/h1H,7H2,2-6H3;/q-1;+1. The second-order valence-electron chi connectivity index (χ2n) is 4.39. The molecule has 0 fully saturated rings. The van der Waals surface area contributed by atoms with E-state index >= 15 is 0 Å². The van der Waals surface area contributed by atoms with Crippen LogP contribution in [0.1, 0.15) is 13.8 Å². The van der Waals surface area contributed by atoms with E-state index in [1.165, 1.54) is 0 Å². The molecular weight excluding hydrogens is 147 g/mol. The molecule has 0 aliphatic rings. The van der Waals surface area contributed by atoms with E-state index in [9.17, 15) is 0 Å². The first-order valence-electron chi connectivity index (χ1n) is 3.64. The summed E-state index contributed by atoms with van der Waals surface area (Å²) in [5.74, 6) is 0. The monoisotopic (exact) mass is 165 g/mol. The average molecular weight is 165 g/mol. The van der Waals surface area contributed by atoms with Crippen LogP contribution in [0.25, 0.3) is 0 Å². The average Bonchev–Trinajstić information content (AvgIpc) is 1.57. The quantitative estimate of drug-likeness (QED) is 0.408. The van der Waals surface area contributed by atoms with Crippen molar-refractivity contribution in [3.63, 3.8) is 0 Å². The summed E-state index contributed by atoms with van der Waals surface area (Å²) in [6.07, 6.45) is 0. The molecule has 1 radical (unpaired) electrons. The van der Waals surface area contributed by atoms with Gasteiger partial charge in [0.1, 0.15) is 0 Å². The van der Waals surface area contributed by atoms with E-state index in [0.29, 0.717) is 6.61 Å². The Balaban J connectivity index is 0. The van der Waals surface area contributed by atoms with Crippen molar-refractivity contribution >= 4 is 8.32 Å². The van der Waals surface area contributed by atoms with Gasteiger partial charge < -0.3 is 11.3 Å².